The van der Waals surface area contributed by atoms with E-state index in [4.69, 9.17) is 28.9 Å². The van der Waals surface area contributed by atoms with Crippen LogP contribution >= 0.6 is 23.2 Å². The van der Waals surface area contributed by atoms with E-state index in [9.17, 15) is 4.79 Å². The van der Waals surface area contributed by atoms with Gasteiger partial charge in [-0.05, 0) is 24.6 Å². The molecule has 1 aliphatic heterocycles. The number of benzene rings is 1. The molecule has 0 saturated heterocycles. The number of nitrogens with zero attached hydrogens (tertiary/aromatic N) is 2. The maximum absolute atomic E-state index is 11.6. The van der Waals surface area contributed by atoms with Gasteiger partial charge in [-0.1, -0.05) is 23.2 Å². The van der Waals surface area contributed by atoms with Gasteiger partial charge < -0.3 is 5.73 Å². The fraction of sp³-hybridized carbons (Fsp3) is 0.200. The highest BCUT2D eigenvalue weighted by Gasteiger charge is 2.25. The zero-order valence-electron chi connectivity index (χ0n) is 8.50. The molecule has 0 aliphatic carbocycles. The Bertz CT molecular complexity index is 499. The van der Waals surface area contributed by atoms with Crippen molar-refractivity contribution in [3.05, 3.63) is 27.7 Å². The minimum atomic E-state index is -0.209. The lowest BCUT2D eigenvalue weighted by molar-refractivity contribution is -0.116. The highest BCUT2D eigenvalue weighted by atomic mass is 35.5. The molecule has 0 unspecified atom stereocenters. The predicted octanol–water partition coefficient (Wildman–Crippen LogP) is 2.31. The molecule has 0 saturated carbocycles. The zero-order valence-corrected chi connectivity index (χ0v) is 10.0. The Kier molecular flexibility index (Phi) is 2.78. The van der Waals surface area contributed by atoms with Gasteiger partial charge in [0.25, 0.3) is 5.91 Å². The number of amides is 1. The Morgan fingerprint density at radius 1 is 1.38 bits per heavy atom. The number of carbonyl (C=O) groups is 1. The van der Waals surface area contributed by atoms with Crippen LogP contribution in [0.25, 0.3) is 0 Å². The molecule has 1 amide bonds. The van der Waals surface area contributed by atoms with Crippen molar-refractivity contribution < 1.29 is 4.79 Å². The van der Waals surface area contributed by atoms with Crippen molar-refractivity contribution >= 4 is 40.6 Å². The summed E-state index contributed by atoms with van der Waals surface area (Å²) in [7, 11) is 0. The molecule has 1 aliphatic rings. The molecule has 0 aromatic heterocycles. The zero-order chi connectivity index (χ0) is 11.9. The predicted molar refractivity (Wildman–Crippen MR) is 64.9 cm³/mol. The average molecular weight is 258 g/mol. The van der Waals surface area contributed by atoms with Crippen molar-refractivity contribution in [2.24, 2.45) is 10.8 Å². The Morgan fingerprint density at radius 3 is 2.62 bits per heavy atom. The van der Waals surface area contributed by atoms with Crippen LogP contribution in [0.15, 0.2) is 17.2 Å². The molecule has 0 fully saturated rings. The van der Waals surface area contributed by atoms with E-state index in [1.54, 1.807) is 12.1 Å². The second-order valence-corrected chi connectivity index (χ2v) is 4.34. The average Bonchev–Trinajstić information content (AvgIpc) is 2.51. The molecule has 0 spiro atoms. The summed E-state index contributed by atoms with van der Waals surface area (Å²) in [6, 6.07) is 3.30. The molecule has 6 heteroatoms. The van der Waals surface area contributed by atoms with E-state index in [0.29, 0.717) is 15.7 Å². The summed E-state index contributed by atoms with van der Waals surface area (Å²) in [5, 5.41) is 6.05. The lowest BCUT2D eigenvalue weighted by Crippen LogP contribution is -2.20. The van der Waals surface area contributed by atoms with E-state index in [2.05, 4.69) is 5.10 Å². The minimum Gasteiger partial charge on any atom is -0.385 e. The highest BCUT2D eigenvalue weighted by Crippen LogP contribution is 2.33. The normalized spacial score (nSPS) is 15.6. The number of amidine groups is 1. The van der Waals surface area contributed by atoms with Crippen molar-refractivity contribution in [3.63, 3.8) is 0 Å². The van der Waals surface area contributed by atoms with Gasteiger partial charge in [0, 0.05) is 5.02 Å². The van der Waals surface area contributed by atoms with E-state index in [0.717, 1.165) is 5.56 Å². The maximum Gasteiger partial charge on any atom is 0.255 e. The molecule has 1 heterocycles. The summed E-state index contributed by atoms with van der Waals surface area (Å²) >= 11 is 12.0. The molecule has 2 rings (SSSR count). The monoisotopic (exact) mass is 257 g/mol. The number of hydrogen-bond acceptors (Lipinski definition) is 3. The van der Waals surface area contributed by atoms with Gasteiger partial charge in [-0.25, -0.2) is 0 Å². The van der Waals surface area contributed by atoms with Crippen LogP contribution in [0.5, 0.6) is 0 Å². The Labute approximate surface area is 103 Å². The van der Waals surface area contributed by atoms with Crippen LogP contribution in [0.2, 0.25) is 10.0 Å². The van der Waals surface area contributed by atoms with Crippen LogP contribution in [0.4, 0.5) is 5.69 Å². The van der Waals surface area contributed by atoms with Crippen LogP contribution in [0.3, 0.4) is 0 Å². The SMILES string of the molecule is Cc1cc(Cl)c(N2N=C(N)CC2=O)cc1Cl. The van der Waals surface area contributed by atoms with Crippen molar-refractivity contribution in [2.75, 3.05) is 5.01 Å². The van der Waals surface area contributed by atoms with E-state index >= 15 is 0 Å². The Hall–Kier alpha value is -1.26. The third-order valence-corrected chi connectivity index (χ3v) is 2.96. The van der Waals surface area contributed by atoms with Crippen molar-refractivity contribution in [1.29, 1.82) is 0 Å². The first-order chi connectivity index (χ1) is 7.49. The van der Waals surface area contributed by atoms with E-state index < -0.39 is 0 Å². The lowest BCUT2D eigenvalue weighted by atomic mass is 10.2. The first kappa shape index (κ1) is 11.2. The number of anilines is 1. The second-order valence-electron chi connectivity index (χ2n) is 3.53. The first-order valence-corrected chi connectivity index (χ1v) is 5.36. The van der Waals surface area contributed by atoms with Crippen LogP contribution in [0.1, 0.15) is 12.0 Å². The van der Waals surface area contributed by atoms with E-state index in [1.165, 1.54) is 5.01 Å². The molecular formula is C10H9Cl2N3O. The summed E-state index contributed by atoms with van der Waals surface area (Å²) in [5.74, 6) is 0.0667. The van der Waals surface area contributed by atoms with Gasteiger partial charge in [0.15, 0.2) is 0 Å². The number of nitrogens with two attached hydrogens (primary N) is 1. The fourth-order valence-electron chi connectivity index (χ4n) is 1.44. The Balaban J connectivity index is 2.49. The van der Waals surface area contributed by atoms with Gasteiger partial charge in [-0.15, -0.1) is 0 Å². The number of hydrogen-bond donors (Lipinski definition) is 1. The topological polar surface area (TPSA) is 58.7 Å². The summed E-state index contributed by atoms with van der Waals surface area (Å²) in [5.41, 5.74) is 6.79. The van der Waals surface area contributed by atoms with Crippen molar-refractivity contribution in [1.82, 2.24) is 0 Å². The van der Waals surface area contributed by atoms with Gasteiger partial charge in [0.05, 0.1) is 17.1 Å². The number of carbonyl (C=O) groups excluding carboxylic acids is 1. The molecule has 2 N–H and O–H groups in total. The molecule has 0 atom stereocenters. The quantitative estimate of drug-likeness (QED) is 0.840. The number of aryl methyl sites for hydroxylation is 1. The molecule has 1 aromatic rings. The summed E-state index contributed by atoms with van der Waals surface area (Å²) in [4.78, 5) is 11.6. The molecule has 1 aromatic carbocycles. The maximum atomic E-state index is 11.6. The van der Waals surface area contributed by atoms with Crippen molar-refractivity contribution in [2.45, 2.75) is 13.3 Å². The second kappa shape index (κ2) is 3.96. The molecule has 0 radical (unpaired) electrons. The minimum absolute atomic E-state index is 0.113. The van der Waals surface area contributed by atoms with Crippen LogP contribution in [-0.4, -0.2) is 11.7 Å². The lowest BCUT2D eigenvalue weighted by Gasteiger charge is -2.14. The summed E-state index contributed by atoms with van der Waals surface area (Å²) in [6.45, 7) is 1.83. The van der Waals surface area contributed by atoms with Crippen LogP contribution in [-0.2, 0) is 4.79 Å². The molecule has 16 heavy (non-hydrogen) atoms. The summed E-state index contributed by atoms with van der Waals surface area (Å²) < 4.78 is 0. The van der Waals surface area contributed by atoms with E-state index in [-0.39, 0.29) is 18.2 Å². The smallest absolute Gasteiger partial charge is 0.255 e. The van der Waals surface area contributed by atoms with Gasteiger partial charge in [0.2, 0.25) is 0 Å². The molecular weight excluding hydrogens is 249 g/mol. The van der Waals surface area contributed by atoms with Crippen LogP contribution in [0, 0.1) is 6.92 Å². The number of rotatable bonds is 1. The standard InChI is InChI=1S/C10H9Cl2N3O/c1-5-2-7(12)8(3-6(5)11)15-10(16)4-9(13)14-15/h2-3H,4H2,1H3,(H2,13,14). The molecule has 84 valence electrons. The van der Waals surface area contributed by atoms with E-state index in [1.807, 2.05) is 6.92 Å². The Morgan fingerprint density at radius 2 is 2.06 bits per heavy atom. The van der Waals surface area contributed by atoms with Gasteiger partial charge in [-0.3, -0.25) is 4.79 Å². The third-order valence-electron chi connectivity index (χ3n) is 2.25. The van der Waals surface area contributed by atoms with Crippen LogP contribution < -0.4 is 10.7 Å². The largest absolute Gasteiger partial charge is 0.385 e. The summed E-state index contributed by atoms with van der Waals surface area (Å²) in [6.07, 6.45) is 0.113. The van der Waals surface area contributed by atoms with Crippen molar-refractivity contribution in [3.8, 4) is 0 Å². The first-order valence-electron chi connectivity index (χ1n) is 4.60. The fourth-order valence-corrected chi connectivity index (χ4v) is 1.89. The molecule has 0 bridgehead atoms. The molecule has 4 nitrogen and oxygen atoms in total. The number of hydrazone groups is 1. The third kappa shape index (κ3) is 1.86. The van der Waals surface area contributed by atoms with Gasteiger partial charge in [0.1, 0.15) is 5.84 Å². The number of halogens is 2. The van der Waals surface area contributed by atoms with Gasteiger partial charge >= 0.3 is 0 Å². The highest BCUT2D eigenvalue weighted by molar-refractivity contribution is 6.36. The van der Waals surface area contributed by atoms with Gasteiger partial charge in [-0.2, -0.15) is 10.1 Å².